The molecule has 0 bridgehead atoms. The average molecular weight is 280 g/mol. The van der Waals surface area contributed by atoms with Gasteiger partial charge in [-0.05, 0) is 18.6 Å². The maximum atomic E-state index is 10.9. The highest BCUT2D eigenvalue weighted by molar-refractivity contribution is 7.14. The number of hydrogen-bond donors (Lipinski definition) is 2. The Morgan fingerprint density at radius 2 is 2.37 bits per heavy atom. The van der Waals surface area contributed by atoms with Gasteiger partial charge in [0, 0.05) is 31.4 Å². The van der Waals surface area contributed by atoms with Crippen molar-refractivity contribution in [2.75, 3.05) is 6.54 Å². The first-order valence-electron chi connectivity index (χ1n) is 5.94. The molecular weight excluding hydrogens is 264 g/mol. The van der Waals surface area contributed by atoms with Crippen LogP contribution in [-0.2, 0) is 20.0 Å². The second-order valence-corrected chi connectivity index (χ2v) is 5.54. The highest BCUT2D eigenvalue weighted by Gasteiger charge is 2.10. The zero-order valence-corrected chi connectivity index (χ0v) is 11.7. The van der Waals surface area contributed by atoms with Gasteiger partial charge in [-0.15, -0.1) is 21.5 Å². The van der Waals surface area contributed by atoms with Crippen molar-refractivity contribution in [3.8, 4) is 0 Å². The summed E-state index contributed by atoms with van der Waals surface area (Å²) in [5, 5.41) is 20.0. The molecule has 2 N–H and O–H groups in total. The Balaban J connectivity index is 1.83. The predicted octanol–water partition coefficient (Wildman–Crippen LogP) is 1.22. The first-order chi connectivity index (χ1) is 9.08. The molecule has 0 unspecified atom stereocenters. The third-order valence-electron chi connectivity index (χ3n) is 2.88. The Bertz CT molecular complexity index is 576. The van der Waals surface area contributed by atoms with Gasteiger partial charge < -0.3 is 15.0 Å². The molecule has 0 aliphatic rings. The highest BCUT2D eigenvalue weighted by Crippen LogP contribution is 2.21. The average Bonchev–Trinajstić information content (AvgIpc) is 2.92. The number of nitrogens with zero attached hydrogens (tertiary/aromatic N) is 3. The number of carbonyl (C=O) groups is 1. The van der Waals surface area contributed by atoms with E-state index in [1.165, 1.54) is 11.3 Å². The molecule has 102 valence electrons. The van der Waals surface area contributed by atoms with Crippen LogP contribution < -0.4 is 5.32 Å². The molecule has 7 heteroatoms. The molecule has 0 aliphatic carbocycles. The number of hydrogen-bond acceptors (Lipinski definition) is 5. The second-order valence-electron chi connectivity index (χ2n) is 4.28. The first-order valence-corrected chi connectivity index (χ1v) is 6.75. The van der Waals surface area contributed by atoms with Crippen LogP contribution in [0.15, 0.2) is 12.4 Å². The normalized spacial score (nSPS) is 10.8. The lowest BCUT2D eigenvalue weighted by molar-refractivity contribution is 0.0702. The summed E-state index contributed by atoms with van der Waals surface area (Å²) in [6.07, 6.45) is 2.48. The summed E-state index contributed by atoms with van der Waals surface area (Å²) < 4.78 is 1.89. The number of carboxylic acid groups (broad SMARTS) is 1. The lowest BCUT2D eigenvalue weighted by atomic mass is 10.2. The molecule has 2 aromatic heterocycles. The molecule has 0 radical (unpaired) electrons. The van der Waals surface area contributed by atoms with Crippen molar-refractivity contribution >= 4 is 17.3 Å². The van der Waals surface area contributed by atoms with E-state index in [4.69, 9.17) is 5.11 Å². The van der Waals surface area contributed by atoms with Gasteiger partial charge in [0.15, 0.2) is 0 Å². The van der Waals surface area contributed by atoms with Crippen molar-refractivity contribution in [1.29, 1.82) is 0 Å². The molecule has 2 aromatic rings. The van der Waals surface area contributed by atoms with Crippen molar-refractivity contribution in [2.24, 2.45) is 7.05 Å². The van der Waals surface area contributed by atoms with Crippen LogP contribution in [-0.4, -0.2) is 32.4 Å². The maximum absolute atomic E-state index is 10.9. The van der Waals surface area contributed by atoms with Crippen LogP contribution in [0.25, 0.3) is 0 Å². The Labute approximate surface area is 115 Å². The number of aromatic carboxylic acids is 1. The minimum atomic E-state index is -0.863. The van der Waals surface area contributed by atoms with Crippen LogP contribution in [0.2, 0.25) is 0 Å². The van der Waals surface area contributed by atoms with Crippen molar-refractivity contribution in [3.63, 3.8) is 0 Å². The first kappa shape index (κ1) is 13.7. The number of aryl methyl sites for hydroxylation is 2. The van der Waals surface area contributed by atoms with E-state index in [0.717, 1.165) is 29.2 Å². The number of thiophene rings is 1. The van der Waals surface area contributed by atoms with Gasteiger partial charge in [0.2, 0.25) is 0 Å². The molecule has 0 amide bonds. The Morgan fingerprint density at radius 1 is 1.58 bits per heavy atom. The van der Waals surface area contributed by atoms with E-state index in [0.29, 0.717) is 11.4 Å². The second kappa shape index (κ2) is 5.94. The highest BCUT2D eigenvalue weighted by atomic mass is 32.1. The lowest BCUT2D eigenvalue weighted by Crippen LogP contribution is -2.18. The predicted molar refractivity (Wildman–Crippen MR) is 72.4 cm³/mol. The van der Waals surface area contributed by atoms with Gasteiger partial charge in [-0.1, -0.05) is 0 Å². The van der Waals surface area contributed by atoms with Gasteiger partial charge in [-0.2, -0.15) is 0 Å². The Morgan fingerprint density at radius 3 is 2.95 bits per heavy atom. The zero-order valence-electron chi connectivity index (χ0n) is 10.9. The van der Waals surface area contributed by atoms with Crippen LogP contribution >= 0.6 is 11.3 Å². The maximum Gasteiger partial charge on any atom is 0.345 e. The largest absolute Gasteiger partial charge is 0.477 e. The molecule has 19 heavy (non-hydrogen) atoms. The van der Waals surface area contributed by atoms with Crippen LogP contribution in [0, 0.1) is 6.92 Å². The van der Waals surface area contributed by atoms with E-state index >= 15 is 0 Å². The van der Waals surface area contributed by atoms with E-state index < -0.39 is 5.97 Å². The fourth-order valence-electron chi connectivity index (χ4n) is 1.76. The summed E-state index contributed by atoms with van der Waals surface area (Å²) in [5.41, 5.74) is 1.04. The van der Waals surface area contributed by atoms with Gasteiger partial charge >= 0.3 is 5.97 Å². The molecule has 0 fully saturated rings. The van der Waals surface area contributed by atoms with Crippen LogP contribution in [0.5, 0.6) is 0 Å². The van der Waals surface area contributed by atoms with Gasteiger partial charge in [0.05, 0.1) is 0 Å². The molecule has 0 aromatic carbocycles. The van der Waals surface area contributed by atoms with Gasteiger partial charge in [0.1, 0.15) is 17.0 Å². The van der Waals surface area contributed by atoms with Gasteiger partial charge in [-0.3, -0.25) is 0 Å². The molecule has 0 saturated carbocycles. The Hall–Kier alpha value is -1.73. The van der Waals surface area contributed by atoms with E-state index in [2.05, 4.69) is 15.5 Å². The number of nitrogens with one attached hydrogen (secondary N) is 1. The van der Waals surface area contributed by atoms with E-state index in [1.54, 1.807) is 12.4 Å². The minimum Gasteiger partial charge on any atom is -0.477 e. The summed E-state index contributed by atoms with van der Waals surface area (Å²) >= 11 is 1.31. The van der Waals surface area contributed by atoms with Crippen LogP contribution in [0.3, 0.4) is 0 Å². The summed E-state index contributed by atoms with van der Waals surface area (Å²) in [4.78, 5) is 12.3. The Kier molecular flexibility index (Phi) is 4.28. The molecule has 0 aliphatic heterocycles. The summed E-state index contributed by atoms with van der Waals surface area (Å²) in [6.45, 7) is 3.40. The summed E-state index contributed by atoms with van der Waals surface area (Å²) in [7, 11) is 1.91. The molecule has 0 atom stereocenters. The van der Waals surface area contributed by atoms with Crippen molar-refractivity contribution < 1.29 is 9.90 Å². The number of carboxylic acids is 1. The third kappa shape index (κ3) is 3.39. The van der Waals surface area contributed by atoms with Crippen molar-refractivity contribution in [1.82, 2.24) is 20.1 Å². The third-order valence-corrected chi connectivity index (χ3v) is 3.96. The SMILES string of the molecule is Cc1sc(C(=O)O)cc1CNCCc1nncn1C. The number of rotatable bonds is 6. The molecule has 6 nitrogen and oxygen atoms in total. The number of aromatic nitrogens is 3. The van der Waals surface area contributed by atoms with Gasteiger partial charge in [-0.25, -0.2) is 4.79 Å². The van der Waals surface area contributed by atoms with Crippen LogP contribution in [0.4, 0.5) is 0 Å². The van der Waals surface area contributed by atoms with E-state index in [1.807, 2.05) is 18.5 Å². The topological polar surface area (TPSA) is 80.0 Å². The molecule has 2 heterocycles. The molecule has 2 rings (SSSR count). The van der Waals surface area contributed by atoms with Crippen LogP contribution in [0.1, 0.15) is 25.9 Å². The van der Waals surface area contributed by atoms with Crippen molar-refractivity contribution in [3.05, 3.63) is 33.5 Å². The summed E-state index contributed by atoms with van der Waals surface area (Å²) in [6, 6.07) is 1.73. The molecule has 0 spiro atoms. The smallest absolute Gasteiger partial charge is 0.345 e. The minimum absolute atomic E-state index is 0.391. The monoisotopic (exact) mass is 280 g/mol. The zero-order chi connectivity index (χ0) is 13.8. The lowest BCUT2D eigenvalue weighted by Gasteiger charge is -2.04. The standard InChI is InChI=1S/C12H16N4O2S/c1-8-9(5-10(19-8)12(17)18)6-13-4-3-11-15-14-7-16(11)2/h5,7,13H,3-4,6H2,1-2H3,(H,17,18). The van der Waals surface area contributed by atoms with Crippen molar-refractivity contribution in [2.45, 2.75) is 19.9 Å². The fourth-order valence-corrected chi connectivity index (χ4v) is 2.64. The summed E-state index contributed by atoms with van der Waals surface area (Å²) in [5.74, 6) is 0.0687. The fraction of sp³-hybridized carbons (Fsp3) is 0.417. The van der Waals surface area contributed by atoms with E-state index in [9.17, 15) is 4.79 Å². The molecular formula is C12H16N4O2S. The van der Waals surface area contributed by atoms with Gasteiger partial charge in [0.25, 0.3) is 0 Å². The quantitative estimate of drug-likeness (QED) is 0.778. The molecule has 0 saturated heterocycles. The van der Waals surface area contributed by atoms with E-state index in [-0.39, 0.29) is 0 Å².